The molecule has 0 fully saturated rings. The first-order chi connectivity index (χ1) is 6.16. The van der Waals surface area contributed by atoms with Gasteiger partial charge in [0.15, 0.2) is 6.17 Å². The summed E-state index contributed by atoms with van der Waals surface area (Å²) < 4.78 is 0. The molecule has 2 rings (SSSR count). The zero-order valence-electron chi connectivity index (χ0n) is 6.31. The first-order valence-electron chi connectivity index (χ1n) is 3.48. The van der Waals surface area contributed by atoms with Crippen molar-refractivity contribution in [3.63, 3.8) is 0 Å². The highest BCUT2D eigenvalue weighted by molar-refractivity contribution is 6.69. The lowest BCUT2D eigenvalue weighted by atomic mass is 10.2. The van der Waals surface area contributed by atoms with E-state index in [0.29, 0.717) is 10.9 Å². The van der Waals surface area contributed by atoms with Gasteiger partial charge in [0, 0.05) is 0 Å². The van der Waals surface area contributed by atoms with Gasteiger partial charge in [0.2, 0.25) is 5.84 Å². The highest BCUT2D eigenvalue weighted by Gasteiger charge is 2.25. The van der Waals surface area contributed by atoms with E-state index in [1.54, 1.807) is 12.2 Å². The second-order valence-electron chi connectivity index (χ2n) is 2.45. The van der Waals surface area contributed by atoms with Crippen LogP contribution in [0.15, 0.2) is 27.1 Å². The number of carbonyl (C=O) groups is 1. The molecular formula is C7H4ClN3O2. The van der Waals surface area contributed by atoms with Crippen LogP contribution in [0.4, 0.5) is 0 Å². The van der Waals surface area contributed by atoms with Crippen molar-refractivity contribution >= 4 is 34.3 Å². The predicted molar refractivity (Wildman–Crippen MR) is 48.7 cm³/mol. The summed E-state index contributed by atoms with van der Waals surface area (Å²) in [6.07, 6.45) is 2.60. The van der Waals surface area contributed by atoms with E-state index in [9.17, 15) is 4.79 Å². The molecule has 0 aliphatic carbocycles. The number of carboxylic acids is 1. The van der Waals surface area contributed by atoms with E-state index in [2.05, 4.69) is 15.0 Å². The number of carboxylic acid groups (broad SMARTS) is 1. The van der Waals surface area contributed by atoms with Gasteiger partial charge in [-0.2, -0.15) is 0 Å². The van der Waals surface area contributed by atoms with E-state index in [4.69, 9.17) is 16.7 Å². The quantitative estimate of drug-likeness (QED) is 0.663. The number of allylic oxidation sites excluding steroid dienone is 1. The molecule has 13 heavy (non-hydrogen) atoms. The smallest absolute Gasteiger partial charge is 0.373 e. The monoisotopic (exact) mass is 197 g/mol. The van der Waals surface area contributed by atoms with Gasteiger partial charge in [-0.1, -0.05) is 11.6 Å². The Morgan fingerprint density at radius 1 is 1.46 bits per heavy atom. The average molecular weight is 198 g/mol. The van der Waals surface area contributed by atoms with Crippen LogP contribution in [0.5, 0.6) is 0 Å². The van der Waals surface area contributed by atoms with Crippen LogP contribution < -0.4 is 0 Å². The van der Waals surface area contributed by atoms with Crippen LogP contribution in [0.25, 0.3) is 0 Å². The zero-order chi connectivity index (χ0) is 9.42. The van der Waals surface area contributed by atoms with E-state index in [1.807, 2.05) is 0 Å². The largest absolute Gasteiger partial charge is 0.475 e. The van der Waals surface area contributed by atoms with Crippen molar-refractivity contribution < 1.29 is 9.90 Å². The molecule has 0 aromatic rings. The molecule has 0 saturated carbocycles. The number of amidine groups is 1. The molecule has 0 radical (unpaired) electrons. The molecule has 2 heterocycles. The molecule has 1 unspecified atom stereocenters. The fourth-order valence-corrected chi connectivity index (χ4v) is 1.18. The summed E-state index contributed by atoms with van der Waals surface area (Å²) >= 11 is 5.60. The highest BCUT2D eigenvalue weighted by Crippen LogP contribution is 2.14. The van der Waals surface area contributed by atoms with E-state index in [-0.39, 0.29) is 5.84 Å². The van der Waals surface area contributed by atoms with E-state index in [1.165, 1.54) is 0 Å². The Labute approximate surface area is 78.2 Å². The van der Waals surface area contributed by atoms with Gasteiger partial charge < -0.3 is 5.11 Å². The third-order valence-corrected chi connectivity index (χ3v) is 1.80. The minimum Gasteiger partial charge on any atom is -0.475 e. The standard InChI is InChI=1S/C7H4ClN3O2/c8-4-2-1-3-5(10-4)11-6(9-3)7(12)13/h1-2,5H,(H,12,13). The summed E-state index contributed by atoms with van der Waals surface area (Å²) in [7, 11) is 0. The third kappa shape index (κ3) is 1.38. The molecule has 0 bridgehead atoms. The van der Waals surface area contributed by atoms with Gasteiger partial charge in [0.25, 0.3) is 0 Å². The van der Waals surface area contributed by atoms with Crippen LogP contribution in [-0.2, 0) is 4.79 Å². The molecule has 5 nitrogen and oxygen atoms in total. The minimum absolute atomic E-state index is 0.222. The summed E-state index contributed by atoms with van der Waals surface area (Å²) in [5.41, 5.74) is 0.516. The van der Waals surface area contributed by atoms with Crippen molar-refractivity contribution in [1.82, 2.24) is 0 Å². The SMILES string of the molecule is O=C(O)C1=NC2N=C(Cl)C=CC2=N1. The first-order valence-corrected chi connectivity index (χ1v) is 3.85. The normalized spacial score (nSPS) is 24.7. The van der Waals surface area contributed by atoms with Gasteiger partial charge in [-0.3, -0.25) is 0 Å². The number of rotatable bonds is 1. The van der Waals surface area contributed by atoms with Gasteiger partial charge in [0.1, 0.15) is 5.17 Å². The zero-order valence-corrected chi connectivity index (χ0v) is 7.06. The molecule has 2 aliphatic rings. The molecule has 66 valence electrons. The van der Waals surface area contributed by atoms with Crippen molar-refractivity contribution in [2.75, 3.05) is 0 Å². The van der Waals surface area contributed by atoms with Crippen LogP contribution in [0.1, 0.15) is 0 Å². The number of hydrogen-bond donors (Lipinski definition) is 1. The Bertz CT molecular complexity index is 395. The van der Waals surface area contributed by atoms with Crippen LogP contribution in [0.3, 0.4) is 0 Å². The average Bonchev–Trinajstić information content (AvgIpc) is 2.46. The summed E-state index contributed by atoms with van der Waals surface area (Å²) in [6, 6.07) is 0. The predicted octanol–water partition coefficient (Wildman–Crippen LogP) is 0.457. The summed E-state index contributed by atoms with van der Waals surface area (Å²) in [5.74, 6) is -1.37. The summed E-state index contributed by atoms with van der Waals surface area (Å²) in [6.45, 7) is 0. The summed E-state index contributed by atoms with van der Waals surface area (Å²) in [5, 5.41) is 8.89. The molecule has 0 aromatic heterocycles. The Balaban J connectivity index is 2.36. The molecule has 0 saturated heterocycles. The molecule has 6 heteroatoms. The number of nitrogens with zero attached hydrogens (tertiary/aromatic N) is 3. The molecule has 1 N–H and O–H groups in total. The van der Waals surface area contributed by atoms with Crippen LogP contribution in [0, 0.1) is 0 Å². The number of aliphatic imine (C=N–C) groups is 3. The van der Waals surface area contributed by atoms with E-state index >= 15 is 0 Å². The second-order valence-corrected chi connectivity index (χ2v) is 2.84. The fraction of sp³-hybridized carbons (Fsp3) is 0.143. The summed E-state index contributed by atoms with van der Waals surface area (Å²) in [4.78, 5) is 21.9. The van der Waals surface area contributed by atoms with Crippen molar-refractivity contribution in [1.29, 1.82) is 0 Å². The molecular weight excluding hydrogens is 194 g/mol. The molecule has 2 aliphatic heterocycles. The Hall–Kier alpha value is -1.49. The van der Waals surface area contributed by atoms with E-state index < -0.39 is 12.1 Å². The number of dihydropyridines is 1. The lowest BCUT2D eigenvalue weighted by molar-refractivity contribution is -0.129. The lowest BCUT2D eigenvalue weighted by Crippen LogP contribution is -2.15. The van der Waals surface area contributed by atoms with Gasteiger partial charge in [0.05, 0.1) is 5.71 Å². The lowest BCUT2D eigenvalue weighted by Gasteiger charge is -2.05. The Morgan fingerprint density at radius 2 is 2.23 bits per heavy atom. The Morgan fingerprint density at radius 3 is 2.92 bits per heavy atom. The molecule has 0 aromatic carbocycles. The van der Waals surface area contributed by atoms with Gasteiger partial charge in [-0.05, 0) is 12.2 Å². The molecule has 0 spiro atoms. The van der Waals surface area contributed by atoms with E-state index in [0.717, 1.165) is 0 Å². The number of halogens is 1. The molecule has 1 atom stereocenters. The van der Waals surface area contributed by atoms with Gasteiger partial charge >= 0.3 is 5.97 Å². The number of fused-ring (bicyclic) bond motifs is 1. The van der Waals surface area contributed by atoms with Crippen molar-refractivity contribution in [2.45, 2.75) is 6.17 Å². The molecule has 0 amide bonds. The van der Waals surface area contributed by atoms with Crippen LogP contribution in [-0.4, -0.2) is 34.0 Å². The fourth-order valence-electron chi connectivity index (χ4n) is 1.03. The highest BCUT2D eigenvalue weighted by atomic mass is 35.5. The third-order valence-electron chi connectivity index (χ3n) is 1.57. The minimum atomic E-state index is -1.15. The maximum atomic E-state index is 10.5. The van der Waals surface area contributed by atoms with Gasteiger partial charge in [-0.15, -0.1) is 0 Å². The maximum Gasteiger partial charge on any atom is 0.373 e. The van der Waals surface area contributed by atoms with Gasteiger partial charge in [-0.25, -0.2) is 19.8 Å². The topological polar surface area (TPSA) is 74.4 Å². The van der Waals surface area contributed by atoms with Crippen molar-refractivity contribution in [2.24, 2.45) is 15.0 Å². The maximum absolute atomic E-state index is 10.5. The van der Waals surface area contributed by atoms with Crippen LogP contribution in [0.2, 0.25) is 0 Å². The van der Waals surface area contributed by atoms with Crippen LogP contribution >= 0.6 is 11.6 Å². The number of hydrogen-bond acceptors (Lipinski definition) is 4. The van der Waals surface area contributed by atoms with Crippen molar-refractivity contribution in [3.05, 3.63) is 12.2 Å². The Kier molecular flexibility index (Phi) is 1.73. The van der Waals surface area contributed by atoms with Crippen molar-refractivity contribution in [3.8, 4) is 0 Å². The second kappa shape index (κ2) is 2.77. The number of aliphatic carboxylic acids is 1. The first kappa shape index (κ1) is 8.12.